The Balaban J connectivity index is 3.62. The molecule has 0 aliphatic heterocycles. The summed E-state index contributed by atoms with van der Waals surface area (Å²) in [5.74, 6) is -0.179. The molecule has 22 heavy (non-hydrogen) atoms. The van der Waals surface area contributed by atoms with Gasteiger partial charge in [-0.2, -0.15) is 0 Å². The van der Waals surface area contributed by atoms with Crippen LogP contribution in [0, 0.1) is 0 Å². The molecule has 0 amide bonds. The van der Waals surface area contributed by atoms with Gasteiger partial charge in [-0.3, -0.25) is 4.79 Å². The number of unbranched alkanes of at least 4 members (excludes halogenated alkanes) is 9. The van der Waals surface area contributed by atoms with Gasteiger partial charge in [-0.15, -0.1) is 0 Å². The summed E-state index contributed by atoms with van der Waals surface area (Å²) in [5.41, 5.74) is 0. The third-order valence-electron chi connectivity index (χ3n) is 3.96. The second kappa shape index (κ2) is 16.8. The van der Waals surface area contributed by atoms with Crippen molar-refractivity contribution in [1.29, 1.82) is 0 Å². The quantitative estimate of drug-likeness (QED) is 0.244. The maximum absolute atomic E-state index is 14.1. The molecule has 0 heterocycles. The summed E-state index contributed by atoms with van der Waals surface area (Å²) in [4.78, 5) is 10.9. The van der Waals surface area contributed by atoms with Crippen LogP contribution < -0.4 is 0 Å². The molecule has 0 N–H and O–H groups in total. The van der Waals surface area contributed by atoms with E-state index < -0.39 is 12.5 Å². The molecule has 0 fully saturated rings. The fraction of sp³-hybridized carbons (Fsp3) is 0.947. The van der Waals surface area contributed by atoms with Gasteiger partial charge in [0.25, 0.3) is 0 Å². The Morgan fingerprint density at radius 1 is 0.955 bits per heavy atom. The van der Waals surface area contributed by atoms with Crippen LogP contribution in [-0.4, -0.2) is 19.3 Å². The number of rotatable bonds is 16. The van der Waals surface area contributed by atoms with Crippen LogP contribution in [0.25, 0.3) is 0 Å². The van der Waals surface area contributed by atoms with E-state index in [4.69, 9.17) is 2.74 Å². The number of carbonyl (C=O) groups is 1. The Kier molecular flexibility index (Phi) is 13.5. The van der Waals surface area contributed by atoms with Crippen LogP contribution in [0.15, 0.2) is 0 Å². The first-order valence-corrected chi connectivity index (χ1v) is 9.15. The van der Waals surface area contributed by atoms with Gasteiger partial charge >= 0.3 is 5.97 Å². The van der Waals surface area contributed by atoms with Gasteiger partial charge in [0.15, 0.2) is 0 Å². The highest BCUT2D eigenvalue weighted by atomic mass is 19.1. The van der Waals surface area contributed by atoms with Crippen LogP contribution in [0.2, 0.25) is 0 Å². The molecule has 132 valence electrons. The van der Waals surface area contributed by atoms with Crippen molar-refractivity contribution in [3.8, 4) is 0 Å². The van der Waals surface area contributed by atoms with Crippen molar-refractivity contribution in [2.75, 3.05) is 7.11 Å². The highest BCUT2D eigenvalue weighted by Crippen LogP contribution is 2.16. The van der Waals surface area contributed by atoms with Crippen LogP contribution in [0.3, 0.4) is 0 Å². The maximum atomic E-state index is 14.1. The number of hydrogen-bond donors (Lipinski definition) is 0. The number of esters is 1. The predicted octanol–water partition coefficient (Wildman–Crippen LogP) is 6.37. The zero-order valence-electron chi connectivity index (χ0n) is 16.7. The second-order valence-electron chi connectivity index (χ2n) is 6.07. The van der Waals surface area contributed by atoms with Crippen molar-refractivity contribution >= 4 is 5.97 Å². The monoisotopic (exact) mass is 318 g/mol. The molecule has 0 aliphatic carbocycles. The van der Waals surface area contributed by atoms with Crippen molar-refractivity contribution in [3.05, 3.63) is 0 Å². The standard InChI is InChI=1S/C19H37FO2/c1-3-4-5-6-7-9-12-15-18(20)16-13-10-8-11-14-17-19(21)22-2/h18H,3-17H2,1-2H3/i15D2. The second-order valence-corrected chi connectivity index (χ2v) is 6.07. The molecule has 1 atom stereocenters. The first-order chi connectivity index (χ1) is 11.4. The van der Waals surface area contributed by atoms with Crippen LogP contribution in [0.4, 0.5) is 4.39 Å². The zero-order valence-corrected chi connectivity index (χ0v) is 14.7. The van der Waals surface area contributed by atoms with E-state index in [-0.39, 0.29) is 5.97 Å². The van der Waals surface area contributed by atoms with Gasteiger partial charge in [-0.1, -0.05) is 77.6 Å². The van der Waals surface area contributed by atoms with Crippen LogP contribution >= 0.6 is 0 Å². The van der Waals surface area contributed by atoms with Crippen LogP contribution in [0.1, 0.15) is 106 Å². The molecule has 0 aromatic carbocycles. The molecule has 0 radical (unpaired) electrons. The largest absolute Gasteiger partial charge is 0.469 e. The van der Waals surface area contributed by atoms with Crippen molar-refractivity contribution in [2.24, 2.45) is 0 Å². The average molecular weight is 319 g/mol. The number of carbonyl (C=O) groups excluding carboxylic acids is 1. The Hall–Kier alpha value is -0.600. The Morgan fingerprint density at radius 2 is 1.50 bits per heavy atom. The minimum atomic E-state index is -1.68. The first kappa shape index (κ1) is 17.7. The average Bonchev–Trinajstić information content (AvgIpc) is 2.56. The van der Waals surface area contributed by atoms with E-state index in [0.717, 1.165) is 51.4 Å². The summed E-state index contributed by atoms with van der Waals surface area (Å²) >= 11 is 0. The summed E-state index contributed by atoms with van der Waals surface area (Å²) in [7, 11) is 1.39. The lowest BCUT2D eigenvalue weighted by Gasteiger charge is -2.08. The molecule has 0 aromatic heterocycles. The number of alkyl halides is 1. The summed E-state index contributed by atoms with van der Waals surface area (Å²) in [6.07, 6.45) is 8.93. The van der Waals surface area contributed by atoms with E-state index in [2.05, 4.69) is 11.7 Å². The van der Waals surface area contributed by atoms with E-state index >= 15 is 0 Å². The molecular weight excluding hydrogens is 279 g/mol. The van der Waals surface area contributed by atoms with Gasteiger partial charge in [0.1, 0.15) is 6.17 Å². The third kappa shape index (κ3) is 15.8. The van der Waals surface area contributed by atoms with E-state index in [1.165, 1.54) is 26.4 Å². The highest BCUT2D eigenvalue weighted by molar-refractivity contribution is 5.68. The molecule has 2 nitrogen and oxygen atoms in total. The SMILES string of the molecule is [2H]C([2H])(CCCCCCCC)C(F)CCCCCCCC(=O)OC. The van der Waals surface area contributed by atoms with Crippen molar-refractivity contribution in [3.63, 3.8) is 0 Å². The van der Waals surface area contributed by atoms with Gasteiger partial charge in [-0.05, 0) is 19.2 Å². The van der Waals surface area contributed by atoms with Gasteiger partial charge in [0.05, 0.1) is 7.11 Å². The lowest BCUT2D eigenvalue weighted by atomic mass is 10.0. The van der Waals surface area contributed by atoms with E-state index in [9.17, 15) is 9.18 Å². The van der Waals surface area contributed by atoms with E-state index in [0.29, 0.717) is 19.3 Å². The van der Waals surface area contributed by atoms with Gasteiger partial charge < -0.3 is 4.74 Å². The Bertz CT molecular complexity index is 312. The summed E-state index contributed by atoms with van der Waals surface area (Å²) in [6.45, 7) is 2.17. The summed E-state index contributed by atoms with van der Waals surface area (Å²) in [5, 5.41) is 0. The Labute approximate surface area is 140 Å². The van der Waals surface area contributed by atoms with Gasteiger partial charge in [0, 0.05) is 9.16 Å². The lowest BCUT2D eigenvalue weighted by Crippen LogP contribution is -2.00. The van der Waals surface area contributed by atoms with Gasteiger partial charge in [0.2, 0.25) is 0 Å². The summed E-state index contributed by atoms with van der Waals surface area (Å²) < 4.78 is 34.5. The minimum absolute atomic E-state index is 0.179. The molecule has 0 aromatic rings. The predicted molar refractivity (Wildman–Crippen MR) is 91.8 cm³/mol. The molecule has 0 spiro atoms. The number of hydrogen-bond acceptors (Lipinski definition) is 2. The first-order valence-electron chi connectivity index (χ1n) is 10.1. The normalized spacial score (nSPS) is 14.3. The van der Waals surface area contributed by atoms with Crippen molar-refractivity contribution in [2.45, 2.75) is 109 Å². The molecule has 0 saturated carbocycles. The molecule has 0 rings (SSSR count). The molecule has 0 bridgehead atoms. The minimum Gasteiger partial charge on any atom is -0.469 e. The van der Waals surface area contributed by atoms with Crippen LogP contribution in [0.5, 0.6) is 0 Å². The fourth-order valence-corrected chi connectivity index (χ4v) is 2.49. The lowest BCUT2D eigenvalue weighted by molar-refractivity contribution is -0.140. The van der Waals surface area contributed by atoms with Crippen molar-refractivity contribution in [1.82, 2.24) is 0 Å². The smallest absolute Gasteiger partial charge is 0.305 e. The Morgan fingerprint density at radius 3 is 2.14 bits per heavy atom. The highest BCUT2D eigenvalue weighted by Gasteiger charge is 2.06. The van der Waals surface area contributed by atoms with E-state index in [1.807, 2.05) is 0 Å². The number of methoxy groups -OCH3 is 1. The zero-order chi connectivity index (χ0) is 18.3. The fourth-order valence-electron chi connectivity index (χ4n) is 2.49. The van der Waals surface area contributed by atoms with E-state index in [1.54, 1.807) is 0 Å². The topological polar surface area (TPSA) is 26.3 Å². The molecule has 1 unspecified atom stereocenters. The molecular formula is C19H37FO2. The summed E-state index contributed by atoms with van der Waals surface area (Å²) in [6, 6.07) is 0. The maximum Gasteiger partial charge on any atom is 0.305 e. The molecule has 3 heteroatoms. The third-order valence-corrected chi connectivity index (χ3v) is 3.96. The molecule has 0 saturated heterocycles. The number of halogens is 1. The van der Waals surface area contributed by atoms with Gasteiger partial charge in [-0.25, -0.2) is 4.39 Å². The van der Waals surface area contributed by atoms with Crippen LogP contribution in [-0.2, 0) is 9.53 Å². The molecule has 0 aliphatic rings. The number of ether oxygens (including phenoxy) is 1. The van der Waals surface area contributed by atoms with Crippen molar-refractivity contribution < 1.29 is 16.7 Å².